The number of likely N-dealkylation sites (tertiary alicyclic amines) is 2. The van der Waals surface area contributed by atoms with E-state index in [1.54, 1.807) is 0 Å². The molecule has 0 unspecified atom stereocenters. The Balaban J connectivity index is 1.33. The molecular weight excluding hydrogens is 354 g/mol. The summed E-state index contributed by atoms with van der Waals surface area (Å²) in [7, 11) is 0. The first-order chi connectivity index (χ1) is 13.6. The summed E-state index contributed by atoms with van der Waals surface area (Å²) in [6.45, 7) is 8.16. The molecule has 0 radical (unpaired) electrons. The molecule has 3 aliphatic heterocycles. The number of aryl methyl sites for hydroxylation is 1. The van der Waals surface area contributed by atoms with Crippen LogP contribution in [0, 0.1) is 0 Å². The van der Waals surface area contributed by atoms with Gasteiger partial charge >= 0.3 is 6.09 Å². The normalized spacial score (nSPS) is 25.9. The van der Waals surface area contributed by atoms with Crippen molar-refractivity contribution < 1.29 is 14.3 Å². The van der Waals surface area contributed by atoms with Gasteiger partial charge in [0.2, 0.25) is 5.91 Å². The molecule has 2 atom stereocenters. The molecule has 3 saturated heterocycles. The highest BCUT2D eigenvalue weighted by Crippen LogP contribution is 2.32. The molecule has 3 aliphatic rings. The van der Waals surface area contributed by atoms with Gasteiger partial charge in [-0.1, -0.05) is 38.1 Å². The van der Waals surface area contributed by atoms with Gasteiger partial charge in [-0.25, -0.2) is 4.79 Å². The Morgan fingerprint density at radius 2 is 1.75 bits per heavy atom. The first kappa shape index (κ1) is 19.2. The van der Waals surface area contributed by atoms with Crippen molar-refractivity contribution in [3.05, 3.63) is 35.4 Å². The lowest BCUT2D eigenvalue weighted by molar-refractivity contribution is -0.130. The van der Waals surface area contributed by atoms with Crippen LogP contribution in [0.4, 0.5) is 4.79 Å². The van der Waals surface area contributed by atoms with Crippen LogP contribution in [-0.4, -0.2) is 71.1 Å². The van der Waals surface area contributed by atoms with Crippen molar-refractivity contribution in [1.29, 1.82) is 0 Å². The van der Waals surface area contributed by atoms with Gasteiger partial charge in [0, 0.05) is 38.6 Å². The summed E-state index contributed by atoms with van der Waals surface area (Å²) in [6.07, 6.45) is 3.16. The third-order valence-corrected chi connectivity index (χ3v) is 6.50. The molecule has 0 spiro atoms. The molecule has 0 saturated carbocycles. The highest BCUT2D eigenvalue weighted by molar-refractivity contribution is 5.77. The van der Waals surface area contributed by atoms with Gasteiger partial charge in [-0.15, -0.1) is 0 Å². The number of benzene rings is 1. The Labute approximate surface area is 167 Å². The largest absolute Gasteiger partial charge is 0.442 e. The molecule has 0 bridgehead atoms. The van der Waals surface area contributed by atoms with Crippen LogP contribution in [0.25, 0.3) is 0 Å². The molecule has 152 valence electrons. The van der Waals surface area contributed by atoms with Gasteiger partial charge in [-0.3, -0.25) is 14.6 Å². The van der Waals surface area contributed by atoms with Gasteiger partial charge in [0.05, 0.1) is 12.6 Å². The van der Waals surface area contributed by atoms with Crippen molar-refractivity contribution in [3.8, 4) is 0 Å². The van der Waals surface area contributed by atoms with Gasteiger partial charge in [-0.05, 0) is 30.4 Å². The Morgan fingerprint density at radius 3 is 2.39 bits per heavy atom. The molecule has 6 heteroatoms. The Hall–Kier alpha value is -2.08. The molecule has 0 N–H and O–H groups in total. The second-order valence-electron chi connectivity index (χ2n) is 8.23. The van der Waals surface area contributed by atoms with Crippen molar-refractivity contribution >= 4 is 12.0 Å². The zero-order valence-corrected chi connectivity index (χ0v) is 17.0. The van der Waals surface area contributed by atoms with E-state index in [4.69, 9.17) is 4.74 Å². The van der Waals surface area contributed by atoms with E-state index in [-0.39, 0.29) is 30.2 Å². The van der Waals surface area contributed by atoms with Gasteiger partial charge in [-0.2, -0.15) is 0 Å². The zero-order valence-electron chi connectivity index (χ0n) is 17.0. The highest BCUT2D eigenvalue weighted by Gasteiger charge is 2.51. The number of amides is 2. The lowest BCUT2D eigenvalue weighted by Crippen LogP contribution is -2.50. The van der Waals surface area contributed by atoms with Crippen LogP contribution in [0.2, 0.25) is 0 Å². The highest BCUT2D eigenvalue weighted by atomic mass is 16.6. The number of carbonyl (C=O) groups is 2. The van der Waals surface area contributed by atoms with Crippen LogP contribution in [0.5, 0.6) is 0 Å². The summed E-state index contributed by atoms with van der Waals surface area (Å²) in [5.74, 6) is 0.148. The standard InChI is InChI=1S/C22H31N3O3/c1-3-16-5-7-17(8-6-16)13-23-11-9-18(10-12-23)25-19-14-24(21(26)4-2)15-20(19)28-22(25)27/h5-8,18-20H,3-4,9-15H2,1-2H3/t19-,20+/m1/s1. The molecule has 28 heavy (non-hydrogen) atoms. The average Bonchev–Trinajstić information content (AvgIpc) is 3.25. The molecule has 1 aromatic rings. The number of ether oxygens (including phenoxy) is 1. The monoisotopic (exact) mass is 385 g/mol. The van der Waals surface area contributed by atoms with Gasteiger partial charge in [0.1, 0.15) is 6.10 Å². The Bertz CT molecular complexity index is 712. The SMILES string of the molecule is CCC(=O)N1C[C@@H]2OC(=O)N(C3CCN(Cc4ccc(CC)cc4)CC3)[C@@H]2C1. The molecule has 0 aliphatic carbocycles. The second-order valence-corrected chi connectivity index (χ2v) is 8.23. The van der Waals surface area contributed by atoms with E-state index < -0.39 is 0 Å². The Morgan fingerprint density at radius 1 is 1.07 bits per heavy atom. The topological polar surface area (TPSA) is 53.1 Å². The third-order valence-electron chi connectivity index (χ3n) is 6.50. The average molecular weight is 386 g/mol. The molecule has 1 aromatic carbocycles. The van der Waals surface area contributed by atoms with Crippen molar-refractivity contribution in [3.63, 3.8) is 0 Å². The Kier molecular flexibility index (Phi) is 5.58. The van der Waals surface area contributed by atoms with Crippen molar-refractivity contribution in [2.45, 2.75) is 64.3 Å². The second kappa shape index (κ2) is 8.11. The van der Waals surface area contributed by atoms with E-state index in [0.717, 1.165) is 38.9 Å². The molecule has 2 amide bonds. The summed E-state index contributed by atoms with van der Waals surface area (Å²) in [4.78, 5) is 30.7. The van der Waals surface area contributed by atoms with Gasteiger partial charge in [0.15, 0.2) is 0 Å². The molecule has 6 nitrogen and oxygen atoms in total. The lowest BCUT2D eigenvalue weighted by Gasteiger charge is -2.37. The molecule has 3 heterocycles. The van der Waals surface area contributed by atoms with Crippen LogP contribution in [0.3, 0.4) is 0 Å². The van der Waals surface area contributed by atoms with E-state index >= 15 is 0 Å². The maximum absolute atomic E-state index is 12.5. The number of carbonyl (C=O) groups excluding carboxylic acids is 2. The summed E-state index contributed by atoms with van der Waals surface area (Å²) < 4.78 is 5.60. The van der Waals surface area contributed by atoms with E-state index in [1.165, 1.54) is 11.1 Å². The maximum Gasteiger partial charge on any atom is 0.410 e. The predicted molar refractivity (Wildman–Crippen MR) is 107 cm³/mol. The minimum absolute atomic E-state index is 0.0288. The van der Waals surface area contributed by atoms with Crippen molar-refractivity contribution in [2.24, 2.45) is 0 Å². The van der Waals surface area contributed by atoms with Crippen LogP contribution >= 0.6 is 0 Å². The first-order valence-electron chi connectivity index (χ1n) is 10.7. The first-order valence-corrected chi connectivity index (χ1v) is 10.7. The lowest BCUT2D eigenvalue weighted by atomic mass is 10.0. The number of hydrogen-bond donors (Lipinski definition) is 0. The predicted octanol–water partition coefficient (Wildman–Crippen LogP) is 2.66. The van der Waals surface area contributed by atoms with E-state index in [0.29, 0.717) is 19.5 Å². The minimum Gasteiger partial charge on any atom is -0.442 e. The van der Waals surface area contributed by atoms with E-state index in [1.807, 2.05) is 16.7 Å². The fraction of sp³-hybridized carbons (Fsp3) is 0.636. The summed E-state index contributed by atoms with van der Waals surface area (Å²) in [5.41, 5.74) is 2.72. The molecular formula is C22H31N3O3. The minimum atomic E-state index is -0.188. The van der Waals surface area contributed by atoms with Crippen molar-refractivity contribution in [1.82, 2.24) is 14.7 Å². The summed E-state index contributed by atoms with van der Waals surface area (Å²) in [5, 5.41) is 0. The summed E-state index contributed by atoms with van der Waals surface area (Å²) >= 11 is 0. The zero-order chi connectivity index (χ0) is 19.7. The smallest absolute Gasteiger partial charge is 0.410 e. The number of rotatable bonds is 5. The fourth-order valence-corrected chi connectivity index (χ4v) is 4.81. The van der Waals surface area contributed by atoms with Gasteiger partial charge in [0.25, 0.3) is 0 Å². The molecule has 4 rings (SSSR count). The molecule has 3 fully saturated rings. The third kappa shape index (κ3) is 3.75. The number of nitrogens with zero attached hydrogens (tertiary/aromatic N) is 3. The number of fused-ring (bicyclic) bond motifs is 1. The van der Waals surface area contributed by atoms with Crippen molar-refractivity contribution in [2.75, 3.05) is 26.2 Å². The number of hydrogen-bond acceptors (Lipinski definition) is 4. The van der Waals surface area contributed by atoms with Crippen LogP contribution in [0.1, 0.15) is 44.2 Å². The molecule has 0 aromatic heterocycles. The maximum atomic E-state index is 12.5. The van der Waals surface area contributed by atoms with E-state index in [9.17, 15) is 9.59 Å². The quantitative estimate of drug-likeness (QED) is 0.782. The van der Waals surface area contributed by atoms with E-state index in [2.05, 4.69) is 36.1 Å². The van der Waals surface area contributed by atoms with Crippen LogP contribution in [-0.2, 0) is 22.5 Å². The van der Waals surface area contributed by atoms with Crippen LogP contribution in [0.15, 0.2) is 24.3 Å². The van der Waals surface area contributed by atoms with Gasteiger partial charge < -0.3 is 9.64 Å². The number of piperidine rings is 1. The van der Waals surface area contributed by atoms with Crippen LogP contribution < -0.4 is 0 Å². The fourth-order valence-electron chi connectivity index (χ4n) is 4.81. The summed E-state index contributed by atoms with van der Waals surface area (Å²) in [6, 6.07) is 9.13.